The fourth-order valence-corrected chi connectivity index (χ4v) is 0.668. The van der Waals surface area contributed by atoms with Crippen LogP contribution in [0, 0.1) is 0 Å². The zero-order valence-corrected chi connectivity index (χ0v) is 8.69. The molecule has 1 rings (SSSR count). The van der Waals surface area contributed by atoms with Gasteiger partial charge in [0.15, 0.2) is 0 Å². The topological polar surface area (TPSA) is 230 Å². The van der Waals surface area contributed by atoms with Crippen molar-refractivity contribution in [3.63, 3.8) is 0 Å². The molecule has 15 heavy (non-hydrogen) atoms. The van der Waals surface area contributed by atoms with E-state index in [4.69, 9.17) is 22.9 Å². The highest BCUT2D eigenvalue weighted by atomic mass is 35.5. The van der Waals surface area contributed by atoms with Gasteiger partial charge in [-0.2, -0.15) is 0 Å². The molecule has 0 aliphatic heterocycles. The van der Waals surface area contributed by atoms with Gasteiger partial charge in [-0.15, -0.1) is 12.4 Å². The molecule has 9 heteroatoms. The first-order chi connectivity index (χ1) is 4.61. The maximum atomic E-state index is 5.43. The average molecular weight is 247 g/mol. The van der Waals surface area contributed by atoms with Crippen LogP contribution in [0.25, 0.3) is 0 Å². The summed E-state index contributed by atoms with van der Waals surface area (Å²) >= 11 is 0. The van der Waals surface area contributed by atoms with E-state index in [1.807, 2.05) is 0 Å². The van der Waals surface area contributed by atoms with E-state index in [2.05, 4.69) is 0 Å². The van der Waals surface area contributed by atoms with Crippen LogP contribution >= 0.6 is 12.4 Å². The van der Waals surface area contributed by atoms with Crippen LogP contribution in [0.3, 0.4) is 0 Å². The molecule has 0 aliphatic carbocycles. The van der Waals surface area contributed by atoms with E-state index >= 15 is 0 Å². The summed E-state index contributed by atoms with van der Waals surface area (Å²) in [7, 11) is 0. The standard InChI is InChI=1S/C6H10N4.ClH.4H2O/c7-3-1-4(8)6(10)2-5(3)9;;;;;/h1-2H,7-10H2;1H;4*1H2. The number of rotatable bonds is 0. The van der Waals surface area contributed by atoms with Gasteiger partial charge in [0.25, 0.3) is 0 Å². The summed E-state index contributed by atoms with van der Waals surface area (Å²) < 4.78 is 0. The van der Waals surface area contributed by atoms with E-state index in [0.29, 0.717) is 22.7 Å². The number of benzene rings is 1. The van der Waals surface area contributed by atoms with Gasteiger partial charge < -0.3 is 44.8 Å². The average Bonchev–Trinajstić information content (AvgIpc) is 1.84. The highest BCUT2D eigenvalue weighted by Crippen LogP contribution is 2.23. The summed E-state index contributed by atoms with van der Waals surface area (Å²) in [6, 6.07) is 3.09. The van der Waals surface area contributed by atoms with Gasteiger partial charge in [-0.25, -0.2) is 0 Å². The molecule has 16 N–H and O–H groups in total. The molecule has 0 aromatic heterocycles. The minimum absolute atomic E-state index is 0. The maximum absolute atomic E-state index is 5.43. The van der Waals surface area contributed by atoms with Crippen LogP contribution in [0.4, 0.5) is 22.7 Å². The Labute approximate surface area is 92.9 Å². The Hall–Kier alpha value is -1.45. The van der Waals surface area contributed by atoms with Gasteiger partial charge in [-0.05, 0) is 12.1 Å². The van der Waals surface area contributed by atoms with Gasteiger partial charge in [0.05, 0.1) is 22.7 Å². The van der Waals surface area contributed by atoms with Crippen LogP contribution in [-0.2, 0) is 0 Å². The normalized spacial score (nSPS) is 6.40. The second kappa shape index (κ2) is 10.6. The molecule has 0 fully saturated rings. The number of anilines is 4. The number of nitrogen functional groups attached to an aromatic ring is 4. The van der Waals surface area contributed by atoms with Crippen molar-refractivity contribution >= 4 is 35.2 Å². The predicted molar refractivity (Wildman–Crippen MR) is 65.8 cm³/mol. The first-order valence-electron chi connectivity index (χ1n) is 2.81. The minimum Gasteiger partial charge on any atom is -0.412 e. The number of hydrogen-bond donors (Lipinski definition) is 4. The van der Waals surface area contributed by atoms with Crippen LogP contribution in [0.5, 0.6) is 0 Å². The number of nitrogens with two attached hydrogens (primary N) is 4. The van der Waals surface area contributed by atoms with Crippen molar-refractivity contribution in [2.24, 2.45) is 0 Å². The molecule has 94 valence electrons. The van der Waals surface area contributed by atoms with E-state index in [0.717, 1.165) is 0 Å². The van der Waals surface area contributed by atoms with Crippen molar-refractivity contribution in [3.8, 4) is 0 Å². The molecule has 0 aliphatic rings. The van der Waals surface area contributed by atoms with Gasteiger partial charge >= 0.3 is 0 Å². The fraction of sp³-hybridized carbons (Fsp3) is 0. The molecule has 1 aromatic rings. The Kier molecular flexibility index (Phi) is 20.7. The SMILES string of the molecule is Cl.Nc1cc(N)c(N)cc1N.O.O.O.O. The smallest absolute Gasteiger partial charge is 0.0570 e. The van der Waals surface area contributed by atoms with Crippen molar-refractivity contribution < 1.29 is 21.9 Å². The van der Waals surface area contributed by atoms with Crippen LogP contribution in [0.2, 0.25) is 0 Å². The zero-order valence-electron chi connectivity index (χ0n) is 7.87. The van der Waals surface area contributed by atoms with E-state index in [-0.39, 0.29) is 34.3 Å². The molecule has 0 spiro atoms. The van der Waals surface area contributed by atoms with Crippen molar-refractivity contribution in [1.29, 1.82) is 0 Å². The summed E-state index contributed by atoms with van der Waals surface area (Å²) in [6.45, 7) is 0. The lowest BCUT2D eigenvalue weighted by molar-refractivity contribution is 0.823. The lowest BCUT2D eigenvalue weighted by atomic mass is 10.2. The molecule has 8 nitrogen and oxygen atoms in total. The van der Waals surface area contributed by atoms with Gasteiger partial charge in [-0.3, -0.25) is 0 Å². The molecule has 0 bridgehead atoms. The van der Waals surface area contributed by atoms with E-state index in [1.54, 1.807) is 12.1 Å². The Bertz CT molecular complexity index is 223. The second-order valence-electron chi connectivity index (χ2n) is 2.11. The summed E-state index contributed by atoms with van der Waals surface area (Å²) in [5.41, 5.74) is 23.6. The Morgan fingerprint density at radius 3 is 0.800 bits per heavy atom. The molecule has 0 saturated carbocycles. The molecular weight excluding hydrogens is 228 g/mol. The summed E-state index contributed by atoms with van der Waals surface area (Å²) in [5, 5.41) is 0. The maximum Gasteiger partial charge on any atom is 0.0570 e. The molecule has 0 amide bonds. The monoisotopic (exact) mass is 246 g/mol. The first-order valence-corrected chi connectivity index (χ1v) is 2.81. The van der Waals surface area contributed by atoms with Crippen LogP contribution in [0.1, 0.15) is 0 Å². The zero-order chi connectivity index (χ0) is 7.72. The number of hydrogen-bond acceptors (Lipinski definition) is 4. The van der Waals surface area contributed by atoms with Crippen molar-refractivity contribution in [2.75, 3.05) is 22.9 Å². The third-order valence-electron chi connectivity index (χ3n) is 1.29. The quantitative estimate of drug-likeness (QED) is 0.353. The Balaban J connectivity index is -0.0000000667. The Morgan fingerprint density at radius 2 is 0.667 bits per heavy atom. The van der Waals surface area contributed by atoms with Crippen LogP contribution in [0.15, 0.2) is 12.1 Å². The largest absolute Gasteiger partial charge is 0.412 e. The van der Waals surface area contributed by atoms with E-state index < -0.39 is 0 Å². The highest BCUT2D eigenvalue weighted by molar-refractivity contribution is 5.85. The molecule has 0 saturated heterocycles. The molecule has 0 heterocycles. The summed E-state index contributed by atoms with van der Waals surface area (Å²) in [6.07, 6.45) is 0. The van der Waals surface area contributed by atoms with Gasteiger partial charge in [0.1, 0.15) is 0 Å². The minimum atomic E-state index is 0. The molecule has 0 unspecified atom stereocenters. The summed E-state index contributed by atoms with van der Waals surface area (Å²) in [5.74, 6) is 0. The van der Waals surface area contributed by atoms with E-state index in [9.17, 15) is 0 Å². The highest BCUT2D eigenvalue weighted by Gasteiger charge is 1.97. The van der Waals surface area contributed by atoms with Crippen molar-refractivity contribution in [1.82, 2.24) is 0 Å². The van der Waals surface area contributed by atoms with Crippen molar-refractivity contribution in [3.05, 3.63) is 12.1 Å². The summed E-state index contributed by atoms with van der Waals surface area (Å²) in [4.78, 5) is 0. The molecule has 0 atom stereocenters. The Morgan fingerprint density at radius 1 is 0.533 bits per heavy atom. The van der Waals surface area contributed by atoms with E-state index in [1.165, 1.54) is 0 Å². The van der Waals surface area contributed by atoms with Gasteiger partial charge in [0.2, 0.25) is 0 Å². The lowest BCUT2D eigenvalue weighted by Gasteiger charge is -2.03. The lowest BCUT2D eigenvalue weighted by Crippen LogP contribution is -2.00. The predicted octanol–water partition coefficient (Wildman–Crippen LogP) is -2.86. The first kappa shape index (κ1) is 29.2. The third-order valence-corrected chi connectivity index (χ3v) is 1.29. The second-order valence-corrected chi connectivity index (χ2v) is 2.11. The van der Waals surface area contributed by atoms with Crippen molar-refractivity contribution in [2.45, 2.75) is 0 Å². The van der Waals surface area contributed by atoms with Gasteiger partial charge in [-0.1, -0.05) is 0 Å². The number of halogens is 1. The third kappa shape index (κ3) is 6.60. The molecular formula is C6H19ClN4O4. The van der Waals surface area contributed by atoms with Gasteiger partial charge in [0, 0.05) is 0 Å². The molecule has 0 radical (unpaired) electrons. The molecule has 1 aromatic carbocycles. The van der Waals surface area contributed by atoms with Crippen LogP contribution in [-0.4, -0.2) is 21.9 Å². The van der Waals surface area contributed by atoms with Crippen LogP contribution < -0.4 is 22.9 Å². The fourth-order valence-electron chi connectivity index (χ4n) is 0.668.